The smallest absolute Gasteiger partial charge is 0.293 e. The van der Waals surface area contributed by atoms with Crippen molar-refractivity contribution in [1.82, 2.24) is 4.90 Å². The molecule has 1 saturated heterocycles. The van der Waals surface area contributed by atoms with Gasteiger partial charge in [-0.3, -0.25) is 14.5 Å². The molecule has 2 aromatic rings. The van der Waals surface area contributed by atoms with E-state index in [1.54, 1.807) is 30.3 Å². The van der Waals surface area contributed by atoms with Crippen LogP contribution >= 0.6 is 11.8 Å². The van der Waals surface area contributed by atoms with Crippen LogP contribution in [0.25, 0.3) is 6.08 Å². The van der Waals surface area contributed by atoms with Gasteiger partial charge < -0.3 is 10.5 Å². The van der Waals surface area contributed by atoms with Crippen LogP contribution in [0, 0.1) is 5.82 Å². The molecule has 0 unspecified atom stereocenters. The Labute approximate surface area is 148 Å². The average Bonchev–Trinajstić information content (AvgIpc) is 2.87. The van der Waals surface area contributed by atoms with Crippen molar-refractivity contribution in [3.63, 3.8) is 0 Å². The second-order valence-corrected chi connectivity index (χ2v) is 6.22. The number of imide groups is 1. The van der Waals surface area contributed by atoms with Crippen LogP contribution in [0.1, 0.15) is 5.56 Å². The first-order valence-corrected chi connectivity index (χ1v) is 8.38. The van der Waals surface area contributed by atoms with E-state index in [2.05, 4.69) is 0 Å². The lowest BCUT2D eigenvalue weighted by Gasteiger charge is -2.09. The fourth-order valence-corrected chi connectivity index (χ4v) is 3.14. The number of thioether (sulfide) groups is 1. The Morgan fingerprint density at radius 1 is 1.16 bits per heavy atom. The first-order valence-electron chi connectivity index (χ1n) is 7.56. The lowest BCUT2D eigenvalue weighted by Crippen LogP contribution is -2.33. The fraction of sp³-hybridized carbons (Fsp3) is 0.111. The highest BCUT2D eigenvalue weighted by Crippen LogP contribution is 2.33. The standard InChI is InChI=1S/C18H15FN2O3S/c19-14-7-6-12(10-15(14)24-13-4-2-1-3-5-13)11-16-17(22)21(9-8-20)18(23)25-16/h1-7,10-11H,8-9,20H2/b16-11-. The normalized spacial score (nSPS) is 15.9. The number of benzene rings is 2. The van der Waals surface area contributed by atoms with E-state index in [4.69, 9.17) is 10.5 Å². The largest absolute Gasteiger partial charge is 0.454 e. The Bertz CT molecular complexity index is 839. The lowest BCUT2D eigenvalue weighted by atomic mass is 10.2. The molecule has 0 spiro atoms. The van der Waals surface area contributed by atoms with Crippen molar-refractivity contribution in [2.24, 2.45) is 5.73 Å². The number of rotatable bonds is 5. The first-order chi connectivity index (χ1) is 12.1. The Hall–Kier alpha value is -2.64. The van der Waals surface area contributed by atoms with Gasteiger partial charge in [-0.2, -0.15) is 0 Å². The highest BCUT2D eigenvalue weighted by Gasteiger charge is 2.34. The molecule has 7 heteroatoms. The maximum Gasteiger partial charge on any atom is 0.293 e. The van der Waals surface area contributed by atoms with Gasteiger partial charge in [0.2, 0.25) is 0 Å². The number of nitrogens with zero attached hydrogens (tertiary/aromatic N) is 1. The van der Waals surface area contributed by atoms with E-state index in [-0.39, 0.29) is 29.0 Å². The van der Waals surface area contributed by atoms with Gasteiger partial charge >= 0.3 is 0 Å². The minimum Gasteiger partial charge on any atom is -0.454 e. The molecule has 128 valence electrons. The van der Waals surface area contributed by atoms with E-state index < -0.39 is 11.7 Å². The third-order valence-electron chi connectivity index (χ3n) is 3.45. The van der Waals surface area contributed by atoms with Gasteiger partial charge in [-0.05, 0) is 47.7 Å². The van der Waals surface area contributed by atoms with Crippen molar-refractivity contribution in [2.45, 2.75) is 0 Å². The van der Waals surface area contributed by atoms with E-state index in [0.717, 1.165) is 16.7 Å². The fourth-order valence-electron chi connectivity index (χ4n) is 2.28. The molecule has 3 rings (SSSR count). The summed E-state index contributed by atoms with van der Waals surface area (Å²) in [5.41, 5.74) is 5.97. The van der Waals surface area contributed by atoms with Gasteiger partial charge in [-0.25, -0.2) is 4.39 Å². The summed E-state index contributed by atoms with van der Waals surface area (Å²) >= 11 is 0.839. The highest BCUT2D eigenvalue weighted by molar-refractivity contribution is 8.18. The molecule has 0 radical (unpaired) electrons. The second kappa shape index (κ2) is 7.50. The zero-order valence-electron chi connectivity index (χ0n) is 13.1. The van der Waals surface area contributed by atoms with Crippen LogP contribution < -0.4 is 10.5 Å². The molecule has 1 aliphatic heterocycles. The van der Waals surface area contributed by atoms with Crippen LogP contribution in [0.5, 0.6) is 11.5 Å². The predicted molar refractivity (Wildman–Crippen MR) is 94.6 cm³/mol. The second-order valence-electron chi connectivity index (χ2n) is 5.23. The number of carbonyl (C=O) groups is 2. The van der Waals surface area contributed by atoms with Crippen molar-refractivity contribution in [3.8, 4) is 11.5 Å². The lowest BCUT2D eigenvalue weighted by molar-refractivity contribution is -0.122. The van der Waals surface area contributed by atoms with Gasteiger partial charge in [0.15, 0.2) is 11.6 Å². The summed E-state index contributed by atoms with van der Waals surface area (Å²) in [5, 5.41) is -0.357. The molecule has 0 aliphatic carbocycles. The number of ether oxygens (including phenoxy) is 1. The summed E-state index contributed by atoms with van der Waals surface area (Å²) in [7, 11) is 0. The summed E-state index contributed by atoms with van der Waals surface area (Å²) in [6, 6.07) is 13.1. The molecule has 0 saturated carbocycles. The first kappa shape index (κ1) is 17.2. The van der Waals surface area contributed by atoms with Gasteiger partial charge in [0.25, 0.3) is 11.1 Å². The van der Waals surface area contributed by atoms with Gasteiger partial charge in [0.05, 0.1) is 4.91 Å². The van der Waals surface area contributed by atoms with Crippen molar-refractivity contribution in [1.29, 1.82) is 0 Å². The van der Waals surface area contributed by atoms with Crippen LogP contribution in [0.3, 0.4) is 0 Å². The number of hydrogen-bond acceptors (Lipinski definition) is 5. The number of amides is 2. The van der Waals surface area contributed by atoms with Gasteiger partial charge in [-0.15, -0.1) is 0 Å². The Morgan fingerprint density at radius 3 is 2.64 bits per heavy atom. The number of nitrogens with two attached hydrogens (primary N) is 1. The van der Waals surface area contributed by atoms with E-state index in [0.29, 0.717) is 11.3 Å². The minimum absolute atomic E-state index is 0.0427. The highest BCUT2D eigenvalue weighted by atomic mass is 32.2. The maximum absolute atomic E-state index is 14.0. The third kappa shape index (κ3) is 3.89. The SMILES string of the molecule is NCCN1C(=O)S/C(=C\c2ccc(F)c(Oc3ccccc3)c2)C1=O. The summed E-state index contributed by atoms with van der Waals surface area (Å²) in [5.74, 6) is -0.365. The Morgan fingerprint density at radius 2 is 1.92 bits per heavy atom. The molecule has 0 aromatic heterocycles. The van der Waals surface area contributed by atoms with Gasteiger partial charge in [-0.1, -0.05) is 24.3 Å². The van der Waals surface area contributed by atoms with E-state index >= 15 is 0 Å². The molecule has 5 nitrogen and oxygen atoms in total. The van der Waals surface area contributed by atoms with E-state index in [1.165, 1.54) is 18.2 Å². The van der Waals surface area contributed by atoms with Gasteiger partial charge in [0, 0.05) is 13.1 Å². The molecule has 1 fully saturated rings. The number of hydrogen-bond donors (Lipinski definition) is 1. The maximum atomic E-state index is 14.0. The van der Waals surface area contributed by atoms with E-state index in [9.17, 15) is 14.0 Å². The molecular formula is C18H15FN2O3S. The molecule has 1 aliphatic rings. The van der Waals surface area contributed by atoms with Crippen LogP contribution in [0.4, 0.5) is 9.18 Å². The number of halogens is 1. The van der Waals surface area contributed by atoms with Crippen molar-refractivity contribution in [2.75, 3.05) is 13.1 Å². The Balaban J connectivity index is 1.85. The molecular weight excluding hydrogens is 343 g/mol. The van der Waals surface area contributed by atoms with E-state index in [1.807, 2.05) is 6.07 Å². The molecule has 25 heavy (non-hydrogen) atoms. The Kier molecular flexibility index (Phi) is 5.16. The van der Waals surface area contributed by atoms with Crippen LogP contribution in [-0.4, -0.2) is 29.1 Å². The zero-order valence-corrected chi connectivity index (χ0v) is 14.0. The molecule has 0 bridgehead atoms. The number of para-hydroxylation sites is 1. The van der Waals surface area contributed by atoms with Crippen molar-refractivity contribution < 1.29 is 18.7 Å². The minimum atomic E-state index is -0.516. The molecule has 2 aromatic carbocycles. The van der Waals surface area contributed by atoms with Crippen LogP contribution in [0.15, 0.2) is 53.4 Å². The molecule has 2 amide bonds. The predicted octanol–water partition coefficient (Wildman–Crippen LogP) is 3.61. The summed E-state index contributed by atoms with van der Waals surface area (Å²) in [4.78, 5) is 25.4. The molecule has 0 atom stereocenters. The summed E-state index contributed by atoms with van der Waals surface area (Å²) in [6.45, 7) is 0.380. The molecule has 2 N–H and O–H groups in total. The number of carbonyl (C=O) groups excluding carboxylic acids is 2. The molecule has 1 heterocycles. The zero-order chi connectivity index (χ0) is 17.8. The quantitative estimate of drug-likeness (QED) is 0.827. The van der Waals surface area contributed by atoms with Crippen LogP contribution in [0.2, 0.25) is 0 Å². The van der Waals surface area contributed by atoms with Crippen molar-refractivity contribution >= 4 is 29.0 Å². The van der Waals surface area contributed by atoms with Crippen molar-refractivity contribution in [3.05, 3.63) is 64.8 Å². The monoisotopic (exact) mass is 358 g/mol. The summed E-state index contributed by atoms with van der Waals surface area (Å²) in [6.07, 6.45) is 1.54. The summed E-state index contributed by atoms with van der Waals surface area (Å²) < 4.78 is 19.5. The topological polar surface area (TPSA) is 72.6 Å². The van der Waals surface area contributed by atoms with Gasteiger partial charge in [0.1, 0.15) is 5.75 Å². The average molecular weight is 358 g/mol. The van der Waals surface area contributed by atoms with Crippen LogP contribution in [-0.2, 0) is 4.79 Å². The third-order valence-corrected chi connectivity index (χ3v) is 4.36.